The maximum absolute atomic E-state index is 12.6. The lowest BCUT2D eigenvalue weighted by Crippen LogP contribution is -2.12. The van der Waals surface area contributed by atoms with E-state index in [0.717, 1.165) is 26.7 Å². The molecular formula is C23H19BrN2O3. The van der Waals surface area contributed by atoms with Gasteiger partial charge in [-0.3, -0.25) is 4.79 Å². The zero-order valence-corrected chi connectivity index (χ0v) is 17.6. The van der Waals surface area contributed by atoms with Gasteiger partial charge < -0.3 is 14.5 Å². The van der Waals surface area contributed by atoms with Crippen molar-refractivity contribution in [3.63, 3.8) is 0 Å². The number of aryl methyl sites for hydroxylation is 1. The summed E-state index contributed by atoms with van der Waals surface area (Å²) in [6.45, 7) is 4.49. The van der Waals surface area contributed by atoms with Crippen molar-refractivity contribution in [2.24, 2.45) is 0 Å². The second-order valence-corrected chi connectivity index (χ2v) is 7.46. The number of amides is 1. The first-order valence-corrected chi connectivity index (χ1v) is 10.0. The molecule has 0 radical (unpaired) electrons. The van der Waals surface area contributed by atoms with E-state index in [1.54, 1.807) is 18.2 Å². The van der Waals surface area contributed by atoms with Crippen molar-refractivity contribution >= 4 is 38.6 Å². The summed E-state index contributed by atoms with van der Waals surface area (Å²) in [6, 6.07) is 18.6. The zero-order chi connectivity index (χ0) is 20.4. The van der Waals surface area contributed by atoms with E-state index < -0.39 is 0 Å². The molecule has 0 bridgehead atoms. The molecule has 1 heterocycles. The number of hydrogen-bond donors (Lipinski definition) is 1. The summed E-state index contributed by atoms with van der Waals surface area (Å²) in [7, 11) is 0. The summed E-state index contributed by atoms with van der Waals surface area (Å²) >= 11 is 3.44. The molecule has 0 atom stereocenters. The number of oxazole rings is 1. The van der Waals surface area contributed by atoms with E-state index in [1.807, 2.05) is 56.3 Å². The van der Waals surface area contributed by atoms with E-state index in [9.17, 15) is 4.79 Å². The molecule has 4 aromatic rings. The highest BCUT2D eigenvalue weighted by Gasteiger charge is 2.12. The number of anilines is 1. The highest BCUT2D eigenvalue weighted by Crippen LogP contribution is 2.28. The third-order valence-corrected chi connectivity index (χ3v) is 5.02. The Balaban J connectivity index is 1.57. The van der Waals surface area contributed by atoms with Crippen molar-refractivity contribution < 1.29 is 13.9 Å². The molecule has 0 fully saturated rings. The van der Waals surface area contributed by atoms with E-state index in [0.29, 0.717) is 29.5 Å². The van der Waals surface area contributed by atoms with E-state index in [-0.39, 0.29) is 5.91 Å². The molecule has 146 valence electrons. The van der Waals surface area contributed by atoms with Crippen LogP contribution < -0.4 is 10.1 Å². The van der Waals surface area contributed by atoms with Gasteiger partial charge in [-0.1, -0.05) is 12.1 Å². The number of aromatic nitrogens is 1. The molecule has 0 unspecified atom stereocenters. The van der Waals surface area contributed by atoms with Gasteiger partial charge in [-0.25, -0.2) is 4.98 Å². The molecule has 1 N–H and O–H groups in total. The summed E-state index contributed by atoms with van der Waals surface area (Å²) in [6.07, 6.45) is 0. The van der Waals surface area contributed by atoms with Crippen molar-refractivity contribution in [1.82, 2.24) is 4.98 Å². The first-order valence-electron chi connectivity index (χ1n) is 9.25. The monoisotopic (exact) mass is 450 g/mol. The summed E-state index contributed by atoms with van der Waals surface area (Å²) in [5.74, 6) is 1.02. The number of carbonyl (C=O) groups excluding carboxylic acids is 1. The van der Waals surface area contributed by atoms with Gasteiger partial charge in [0, 0.05) is 16.8 Å². The lowest BCUT2D eigenvalue weighted by molar-refractivity contribution is 0.102. The number of nitrogens with zero attached hydrogens (tertiary/aromatic N) is 1. The molecule has 0 saturated heterocycles. The van der Waals surface area contributed by atoms with Crippen molar-refractivity contribution in [2.75, 3.05) is 11.9 Å². The molecule has 0 aliphatic rings. The van der Waals surface area contributed by atoms with Gasteiger partial charge in [0.15, 0.2) is 5.58 Å². The Bertz CT molecular complexity index is 1200. The first-order chi connectivity index (χ1) is 14.0. The van der Waals surface area contributed by atoms with Crippen LogP contribution in [0.1, 0.15) is 22.8 Å². The van der Waals surface area contributed by atoms with Crippen LogP contribution in [-0.2, 0) is 0 Å². The number of carbonyl (C=O) groups is 1. The Labute approximate surface area is 176 Å². The number of fused-ring (bicyclic) bond motifs is 1. The maximum atomic E-state index is 12.6. The number of ether oxygens (including phenoxy) is 1. The van der Waals surface area contributed by atoms with E-state index in [4.69, 9.17) is 9.15 Å². The van der Waals surface area contributed by atoms with Gasteiger partial charge in [0.25, 0.3) is 5.91 Å². The fourth-order valence-electron chi connectivity index (χ4n) is 3.01. The molecule has 5 nitrogen and oxygen atoms in total. The molecule has 4 rings (SSSR count). The van der Waals surface area contributed by atoms with Gasteiger partial charge in [-0.05, 0) is 83.9 Å². The van der Waals surface area contributed by atoms with Crippen LogP contribution in [0.3, 0.4) is 0 Å². The van der Waals surface area contributed by atoms with Crippen LogP contribution in [-0.4, -0.2) is 17.5 Å². The first kappa shape index (κ1) is 19.2. The topological polar surface area (TPSA) is 64.4 Å². The molecule has 0 aliphatic carbocycles. The van der Waals surface area contributed by atoms with Gasteiger partial charge in [-0.2, -0.15) is 0 Å². The summed E-state index contributed by atoms with van der Waals surface area (Å²) in [4.78, 5) is 17.2. The average Bonchev–Trinajstić information content (AvgIpc) is 3.13. The highest BCUT2D eigenvalue weighted by molar-refractivity contribution is 9.10. The predicted octanol–water partition coefficient (Wildman–Crippen LogP) is 6.22. The van der Waals surface area contributed by atoms with Crippen LogP contribution in [0.4, 0.5) is 5.69 Å². The largest absolute Gasteiger partial charge is 0.493 e. The third kappa shape index (κ3) is 4.17. The van der Waals surface area contributed by atoms with Crippen LogP contribution in [0.2, 0.25) is 0 Å². The molecule has 29 heavy (non-hydrogen) atoms. The molecule has 1 aromatic heterocycles. The number of hydrogen-bond acceptors (Lipinski definition) is 4. The fourth-order valence-corrected chi connectivity index (χ4v) is 3.50. The van der Waals surface area contributed by atoms with Crippen LogP contribution in [0, 0.1) is 6.92 Å². The van der Waals surface area contributed by atoms with E-state index in [1.165, 1.54) is 0 Å². The van der Waals surface area contributed by atoms with Gasteiger partial charge in [0.1, 0.15) is 11.3 Å². The van der Waals surface area contributed by atoms with Gasteiger partial charge in [0.2, 0.25) is 5.89 Å². The second-order valence-electron chi connectivity index (χ2n) is 6.60. The van der Waals surface area contributed by atoms with E-state index >= 15 is 0 Å². The van der Waals surface area contributed by atoms with Crippen LogP contribution in [0.25, 0.3) is 22.6 Å². The Kier molecular flexibility index (Phi) is 5.36. The lowest BCUT2D eigenvalue weighted by Gasteiger charge is -2.09. The SMILES string of the molecule is CCOc1ccc(C(=O)Nc2cccc(-c3nc4cc(C)ccc4o3)c2)cc1Br. The minimum Gasteiger partial charge on any atom is -0.493 e. The Morgan fingerprint density at radius 2 is 2.00 bits per heavy atom. The molecule has 0 aliphatic heterocycles. The normalized spacial score (nSPS) is 10.9. The predicted molar refractivity (Wildman–Crippen MR) is 117 cm³/mol. The van der Waals surface area contributed by atoms with Crippen molar-refractivity contribution in [3.8, 4) is 17.2 Å². The quantitative estimate of drug-likeness (QED) is 0.392. The highest BCUT2D eigenvalue weighted by atomic mass is 79.9. The molecule has 6 heteroatoms. The standard InChI is InChI=1S/C23H19BrN2O3/c1-3-28-20-10-8-15(13-18(20)24)22(27)25-17-6-4-5-16(12-17)23-26-19-11-14(2)7-9-21(19)29-23/h4-13H,3H2,1-2H3,(H,25,27). The Hall–Kier alpha value is -3.12. The van der Waals surface area contributed by atoms with Crippen molar-refractivity contribution in [2.45, 2.75) is 13.8 Å². The number of nitrogens with one attached hydrogen (secondary N) is 1. The van der Waals surface area contributed by atoms with E-state index in [2.05, 4.69) is 26.2 Å². The van der Waals surface area contributed by atoms with Crippen LogP contribution in [0.15, 0.2) is 69.6 Å². The molecule has 0 spiro atoms. The zero-order valence-electron chi connectivity index (χ0n) is 16.0. The summed E-state index contributed by atoms with van der Waals surface area (Å²) < 4.78 is 12.1. The molecule has 1 amide bonds. The summed E-state index contributed by atoms with van der Waals surface area (Å²) in [5, 5.41) is 2.92. The minimum absolute atomic E-state index is 0.209. The number of rotatable bonds is 5. The average molecular weight is 451 g/mol. The van der Waals surface area contributed by atoms with Gasteiger partial charge >= 0.3 is 0 Å². The Morgan fingerprint density at radius 3 is 2.79 bits per heavy atom. The smallest absolute Gasteiger partial charge is 0.255 e. The molecule has 3 aromatic carbocycles. The van der Waals surface area contributed by atoms with Crippen molar-refractivity contribution in [3.05, 3.63) is 76.3 Å². The maximum Gasteiger partial charge on any atom is 0.255 e. The number of benzene rings is 3. The lowest BCUT2D eigenvalue weighted by atomic mass is 10.1. The van der Waals surface area contributed by atoms with Gasteiger partial charge in [-0.15, -0.1) is 0 Å². The van der Waals surface area contributed by atoms with Crippen LogP contribution >= 0.6 is 15.9 Å². The third-order valence-electron chi connectivity index (χ3n) is 4.40. The van der Waals surface area contributed by atoms with Gasteiger partial charge in [0.05, 0.1) is 11.1 Å². The van der Waals surface area contributed by atoms with Crippen molar-refractivity contribution in [1.29, 1.82) is 0 Å². The fraction of sp³-hybridized carbons (Fsp3) is 0.130. The second kappa shape index (κ2) is 8.09. The molecule has 0 saturated carbocycles. The molecular weight excluding hydrogens is 432 g/mol. The number of halogens is 1. The summed E-state index contributed by atoms with van der Waals surface area (Å²) in [5.41, 5.74) is 4.66. The minimum atomic E-state index is -0.209. The Morgan fingerprint density at radius 1 is 1.14 bits per heavy atom. The van der Waals surface area contributed by atoms with Crippen LogP contribution in [0.5, 0.6) is 5.75 Å².